The van der Waals surface area contributed by atoms with Crippen LogP contribution in [-0.4, -0.2) is 19.0 Å². The lowest BCUT2D eigenvalue weighted by molar-refractivity contribution is 0.101. The Bertz CT molecular complexity index is 476. The van der Waals surface area contributed by atoms with Crippen LogP contribution in [0.5, 0.6) is 11.5 Å². The molecule has 3 rings (SSSR count). The predicted molar refractivity (Wildman–Crippen MR) is 62.7 cm³/mol. The summed E-state index contributed by atoms with van der Waals surface area (Å²) in [6, 6.07) is 0. The number of ether oxygens (including phenoxy) is 2. The van der Waals surface area contributed by atoms with Crippen LogP contribution in [0, 0.1) is 0 Å². The minimum absolute atomic E-state index is 0.0217. The highest BCUT2D eigenvalue weighted by atomic mass is 16.5. The van der Waals surface area contributed by atoms with E-state index in [1.165, 1.54) is 0 Å². The van der Waals surface area contributed by atoms with Crippen molar-refractivity contribution in [3.05, 3.63) is 16.7 Å². The Balaban J connectivity index is 2.34. The van der Waals surface area contributed by atoms with Crippen molar-refractivity contribution in [3.63, 3.8) is 0 Å². The molecule has 1 aromatic carbocycles. The van der Waals surface area contributed by atoms with E-state index in [1.807, 2.05) is 0 Å². The number of Topliss-reactive ketones (excluding diaryl/α,β-unsaturated/α-hetero) is 1. The summed E-state index contributed by atoms with van der Waals surface area (Å²) in [5.74, 6) is 6.99. The highest BCUT2D eigenvalue weighted by Crippen LogP contribution is 2.47. The molecule has 0 amide bonds. The number of anilines is 1. The van der Waals surface area contributed by atoms with Gasteiger partial charge in [-0.2, -0.15) is 0 Å². The molecule has 0 unspecified atom stereocenters. The Morgan fingerprint density at radius 1 is 1.18 bits per heavy atom. The van der Waals surface area contributed by atoms with Gasteiger partial charge in [-0.1, -0.05) is 0 Å². The van der Waals surface area contributed by atoms with E-state index in [-0.39, 0.29) is 5.78 Å². The number of benzene rings is 1. The molecule has 5 nitrogen and oxygen atoms in total. The molecular formula is C12H14N2O3. The van der Waals surface area contributed by atoms with E-state index in [2.05, 4.69) is 5.43 Å². The van der Waals surface area contributed by atoms with Crippen LogP contribution < -0.4 is 20.7 Å². The average molecular weight is 234 g/mol. The van der Waals surface area contributed by atoms with Gasteiger partial charge in [-0.3, -0.25) is 10.6 Å². The third-order valence-electron chi connectivity index (χ3n) is 3.30. The molecule has 2 aliphatic heterocycles. The Hall–Kier alpha value is -1.75. The molecule has 1 aromatic rings. The molecular weight excluding hydrogens is 220 g/mol. The number of carbonyl (C=O) groups excluding carboxylic acids is 1. The minimum atomic E-state index is 0.0217. The molecule has 0 bridgehead atoms. The van der Waals surface area contributed by atoms with Gasteiger partial charge in [-0.15, -0.1) is 0 Å². The summed E-state index contributed by atoms with van der Waals surface area (Å²) in [4.78, 5) is 11.8. The summed E-state index contributed by atoms with van der Waals surface area (Å²) >= 11 is 0. The molecule has 17 heavy (non-hydrogen) atoms. The largest absolute Gasteiger partial charge is 0.492 e. The molecule has 0 saturated carbocycles. The second-order valence-corrected chi connectivity index (χ2v) is 4.26. The fourth-order valence-electron chi connectivity index (χ4n) is 2.63. The molecule has 2 heterocycles. The third-order valence-corrected chi connectivity index (χ3v) is 3.30. The lowest BCUT2D eigenvalue weighted by Gasteiger charge is -2.15. The van der Waals surface area contributed by atoms with Gasteiger partial charge in [0.05, 0.1) is 24.5 Å². The van der Waals surface area contributed by atoms with Crippen LogP contribution in [0.25, 0.3) is 0 Å². The van der Waals surface area contributed by atoms with Crippen LogP contribution >= 0.6 is 0 Å². The number of hydrogen-bond acceptors (Lipinski definition) is 5. The number of hydrogen-bond donors (Lipinski definition) is 2. The number of ketones is 1. The monoisotopic (exact) mass is 234 g/mol. The van der Waals surface area contributed by atoms with Gasteiger partial charge in [-0.25, -0.2) is 0 Å². The lowest BCUT2D eigenvalue weighted by Crippen LogP contribution is -2.11. The number of nitrogens with two attached hydrogens (primary N) is 1. The molecule has 2 aliphatic rings. The van der Waals surface area contributed by atoms with Gasteiger partial charge in [0, 0.05) is 24.0 Å². The number of hydrazine groups is 1. The maximum atomic E-state index is 11.8. The Morgan fingerprint density at radius 3 is 2.47 bits per heavy atom. The van der Waals surface area contributed by atoms with Crippen molar-refractivity contribution < 1.29 is 14.3 Å². The highest BCUT2D eigenvalue weighted by molar-refractivity contribution is 6.01. The second-order valence-electron chi connectivity index (χ2n) is 4.26. The van der Waals surface area contributed by atoms with E-state index >= 15 is 0 Å². The molecule has 0 spiro atoms. The van der Waals surface area contributed by atoms with Gasteiger partial charge in [0.25, 0.3) is 0 Å². The van der Waals surface area contributed by atoms with Crippen LogP contribution in [0.2, 0.25) is 0 Å². The summed E-state index contributed by atoms with van der Waals surface area (Å²) in [6.45, 7) is 2.74. The Morgan fingerprint density at radius 2 is 1.82 bits per heavy atom. The summed E-state index contributed by atoms with van der Waals surface area (Å²) in [5, 5.41) is 0. The topological polar surface area (TPSA) is 73.6 Å². The van der Waals surface area contributed by atoms with Gasteiger partial charge in [0.1, 0.15) is 11.5 Å². The van der Waals surface area contributed by atoms with E-state index < -0.39 is 0 Å². The maximum Gasteiger partial charge on any atom is 0.163 e. The summed E-state index contributed by atoms with van der Waals surface area (Å²) in [5.41, 5.74) is 6.00. The SMILES string of the molecule is CC(=O)c1c2c(c(NN)c3c1OCC3)OCC2. The Kier molecular flexibility index (Phi) is 2.22. The van der Waals surface area contributed by atoms with Crippen LogP contribution in [0.1, 0.15) is 28.4 Å². The zero-order valence-electron chi connectivity index (χ0n) is 9.63. The first-order chi connectivity index (χ1) is 8.24. The number of carbonyl (C=O) groups is 1. The quantitative estimate of drug-likeness (QED) is 0.454. The predicted octanol–water partition coefficient (Wildman–Crippen LogP) is 1.04. The summed E-state index contributed by atoms with van der Waals surface area (Å²) in [6.07, 6.45) is 1.49. The van der Waals surface area contributed by atoms with Gasteiger partial charge in [-0.05, 0) is 6.92 Å². The van der Waals surface area contributed by atoms with Crippen molar-refractivity contribution in [2.45, 2.75) is 19.8 Å². The van der Waals surface area contributed by atoms with Crippen molar-refractivity contribution in [1.29, 1.82) is 0 Å². The normalized spacial score (nSPS) is 15.9. The number of fused-ring (bicyclic) bond motifs is 2. The fourth-order valence-corrected chi connectivity index (χ4v) is 2.63. The van der Waals surface area contributed by atoms with Crippen molar-refractivity contribution in [2.24, 2.45) is 5.84 Å². The van der Waals surface area contributed by atoms with Crippen LogP contribution in [0.15, 0.2) is 0 Å². The summed E-state index contributed by atoms with van der Waals surface area (Å²) < 4.78 is 11.2. The lowest BCUT2D eigenvalue weighted by atomic mass is 9.95. The molecule has 90 valence electrons. The van der Waals surface area contributed by atoms with Gasteiger partial charge in [0.15, 0.2) is 5.78 Å². The zero-order chi connectivity index (χ0) is 12.0. The first-order valence-electron chi connectivity index (χ1n) is 5.69. The zero-order valence-corrected chi connectivity index (χ0v) is 9.63. The average Bonchev–Trinajstić information content (AvgIpc) is 2.92. The molecule has 5 heteroatoms. The minimum Gasteiger partial charge on any atom is -0.492 e. The van der Waals surface area contributed by atoms with E-state index in [9.17, 15) is 4.79 Å². The highest BCUT2D eigenvalue weighted by Gasteiger charge is 2.32. The van der Waals surface area contributed by atoms with E-state index in [4.69, 9.17) is 15.3 Å². The van der Waals surface area contributed by atoms with Gasteiger partial charge >= 0.3 is 0 Å². The van der Waals surface area contributed by atoms with Gasteiger partial charge in [0.2, 0.25) is 0 Å². The molecule has 0 fully saturated rings. The molecule has 3 N–H and O–H groups in total. The first-order valence-corrected chi connectivity index (χ1v) is 5.69. The second kappa shape index (κ2) is 3.63. The molecule has 0 radical (unpaired) electrons. The number of rotatable bonds is 2. The smallest absolute Gasteiger partial charge is 0.163 e. The molecule has 0 atom stereocenters. The third kappa shape index (κ3) is 1.32. The van der Waals surface area contributed by atoms with Crippen LogP contribution in [0.4, 0.5) is 5.69 Å². The standard InChI is InChI=1S/C12H14N2O3/c1-6(15)9-7-2-4-17-12(7)10(14-13)8-3-5-16-11(8)9/h14H,2-5,13H2,1H3. The van der Waals surface area contributed by atoms with Crippen LogP contribution in [-0.2, 0) is 12.8 Å². The first kappa shape index (κ1) is 10.4. The maximum absolute atomic E-state index is 11.8. The molecule has 0 aromatic heterocycles. The molecule has 0 aliphatic carbocycles. The molecule has 0 saturated heterocycles. The van der Waals surface area contributed by atoms with E-state index in [0.717, 1.165) is 35.4 Å². The van der Waals surface area contributed by atoms with Crippen LogP contribution in [0.3, 0.4) is 0 Å². The number of nitrogen functional groups attached to an aromatic ring is 1. The van der Waals surface area contributed by atoms with E-state index in [0.29, 0.717) is 24.5 Å². The van der Waals surface area contributed by atoms with Crippen molar-refractivity contribution >= 4 is 11.5 Å². The van der Waals surface area contributed by atoms with Crippen molar-refractivity contribution in [1.82, 2.24) is 0 Å². The van der Waals surface area contributed by atoms with Crippen molar-refractivity contribution in [2.75, 3.05) is 18.6 Å². The van der Waals surface area contributed by atoms with Gasteiger partial charge < -0.3 is 14.9 Å². The number of nitrogens with one attached hydrogen (secondary N) is 1. The Labute approximate surface area is 98.9 Å². The van der Waals surface area contributed by atoms with E-state index in [1.54, 1.807) is 6.92 Å². The fraction of sp³-hybridized carbons (Fsp3) is 0.417. The summed E-state index contributed by atoms with van der Waals surface area (Å²) in [7, 11) is 0. The van der Waals surface area contributed by atoms with Crippen molar-refractivity contribution in [3.8, 4) is 11.5 Å².